The lowest BCUT2D eigenvalue weighted by molar-refractivity contribution is -0.128. The van der Waals surface area contributed by atoms with Crippen molar-refractivity contribution in [3.05, 3.63) is 46.8 Å². The van der Waals surface area contributed by atoms with Crippen molar-refractivity contribution in [3.8, 4) is 5.75 Å². The summed E-state index contributed by atoms with van der Waals surface area (Å²) in [6.07, 6.45) is 2.34. The molecule has 5 N–H and O–H groups in total. The van der Waals surface area contributed by atoms with Gasteiger partial charge in [0, 0.05) is 43.0 Å². The molecule has 4 atom stereocenters. The van der Waals surface area contributed by atoms with Crippen molar-refractivity contribution in [1.29, 1.82) is 0 Å². The van der Waals surface area contributed by atoms with Crippen molar-refractivity contribution in [2.75, 3.05) is 25.6 Å². The lowest BCUT2D eigenvalue weighted by atomic mass is 9.82. The van der Waals surface area contributed by atoms with E-state index in [4.69, 9.17) is 19.6 Å². The molecule has 10 heteroatoms. The highest BCUT2D eigenvalue weighted by Gasteiger charge is 2.30. The second-order valence-corrected chi connectivity index (χ2v) is 11.9. The van der Waals surface area contributed by atoms with Gasteiger partial charge in [-0.05, 0) is 60.9 Å². The lowest BCUT2D eigenvalue weighted by Crippen LogP contribution is -2.42. The normalized spacial score (nSPS) is 14.6. The fourth-order valence-electron chi connectivity index (χ4n) is 4.48. The van der Waals surface area contributed by atoms with Gasteiger partial charge in [-0.1, -0.05) is 43.6 Å². The first-order valence-electron chi connectivity index (χ1n) is 14.0. The van der Waals surface area contributed by atoms with Gasteiger partial charge in [0.1, 0.15) is 11.5 Å². The first kappa shape index (κ1) is 33.8. The van der Waals surface area contributed by atoms with Gasteiger partial charge in [0.15, 0.2) is 0 Å². The Hall–Kier alpha value is -2.40. The number of halogens is 1. The van der Waals surface area contributed by atoms with E-state index in [2.05, 4.69) is 26.6 Å². The topological polar surface area (TPSA) is 136 Å². The number of ether oxygens (including phenoxy) is 2. The van der Waals surface area contributed by atoms with Crippen molar-refractivity contribution in [2.24, 2.45) is 29.4 Å². The van der Waals surface area contributed by atoms with Crippen molar-refractivity contribution in [2.45, 2.75) is 72.1 Å². The highest BCUT2D eigenvalue weighted by atomic mass is 79.9. The Labute approximate surface area is 246 Å². The number of amides is 2. The van der Waals surface area contributed by atoms with Crippen molar-refractivity contribution < 1.29 is 28.6 Å². The van der Waals surface area contributed by atoms with E-state index < -0.39 is 18.1 Å². The highest BCUT2D eigenvalue weighted by Crippen LogP contribution is 2.30. The number of hydrogen-bond donors (Lipinski definition) is 4. The molecule has 224 valence electrons. The molecule has 2 rings (SSSR count). The molecule has 0 unspecified atom stereocenters. The van der Waals surface area contributed by atoms with Crippen LogP contribution in [0.5, 0.6) is 5.75 Å². The predicted octanol–water partition coefficient (Wildman–Crippen LogP) is 5.12. The van der Waals surface area contributed by atoms with Crippen LogP contribution < -0.4 is 21.1 Å². The molecular weight excluding hydrogens is 578 g/mol. The fraction of sp³-hybridized carbons (Fsp3) is 0.600. The number of methoxy groups -OCH3 is 1. The smallest absolute Gasteiger partial charge is 0.224 e. The van der Waals surface area contributed by atoms with E-state index >= 15 is 0 Å². The number of aliphatic hydroxyl groups excluding tert-OH is 1. The average molecular weight is 625 g/mol. The molecular formula is C30H46BrN3O6. The van der Waals surface area contributed by atoms with E-state index in [-0.39, 0.29) is 42.4 Å². The molecule has 9 nitrogen and oxygen atoms in total. The van der Waals surface area contributed by atoms with E-state index in [0.29, 0.717) is 43.4 Å². The van der Waals surface area contributed by atoms with Gasteiger partial charge in [-0.25, -0.2) is 0 Å². The maximum absolute atomic E-state index is 13.1. The zero-order valence-corrected chi connectivity index (χ0v) is 25.9. The Morgan fingerprint density at radius 3 is 2.48 bits per heavy atom. The van der Waals surface area contributed by atoms with Gasteiger partial charge < -0.3 is 35.4 Å². The van der Waals surface area contributed by atoms with Gasteiger partial charge >= 0.3 is 0 Å². The van der Waals surface area contributed by atoms with Crippen molar-refractivity contribution in [3.63, 3.8) is 0 Å². The number of hydrogen-bond acceptors (Lipinski definition) is 7. The van der Waals surface area contributed by atoms with E-state index in [9.17, 15) is 14.7 Å². The van der Waals surface area contributed by atoms with Crippen LogP contribution in [-0.4, -0.2) is 49.4 Å². The molecule has 0 saturated carbocycles. The van der Waals surface area contributed by atoms with Crippen LogP contribution in [-0.2, 0) is 20.9 Å². The molecule has 0 aliphatic rings. The molecule has 0 spiro atoms. The summed E-state index contributed by atoms with van der Waals surface area (Å²) in [5.41, 5.74) is 7.03. The molecule has 0 aliphatic carbocycles. The maximum Gasteiger partial charge on any atom is 0.224 e. The van der Waals surface area contributed by atoms with Gasteiger partial charge in [0.2, 0.25) is 11.8 Å². The number of benzene rings is 1. The first-order chi connectivity index (χ1) is 19.0. The number of nitrogens with two attached hydrogens (primary N) is 1. The van der Waals surface area contributed by atoms with Crippen LogP contribution in [0.1, 0.15) is 59.1 Å². The van der Waals surface area contributed by atoms with Gasteiger partial charge in [-0.3, -0.25) is 9.59 Å². The summed E-state index contributed by atoms with van der Waals surface area (Å²) in [7, 11) is 1.64. The largest absolute Gasteiger partial charge is 0.491 e. The molecule has 2 aromatic rings. The van der Waals surface area contributed by atoms with Crippen LogP contribution in [0, 0.1) is 23.7 Å². The van der Waals surface area contributed by atoms with E-state index in [1.165, 1.54) is 0 Å². The Kier molecular flexibility index (Phi) is 14.7. The zero-order valence-electron chi connectivity index (χ0n) is 24.3. The van der Waals surface area contributed by atoms with Crippen LogP contribution in [0.3, 0.4) is 0 Å². The number of carbonyl (C=O) groups is 2. The molecule has 0 fully saturated rings. The minimum Gasteiger partial charge on any atom is -0.491 e. The molecule has 0 radical (unpaired) electrons. The minimum atomic E-state index is -0.886. The Bertz CT molecular complexity index is 1030. The first-order valence-corrected chi connectivity index (χ1v) is 14.8. The van der Waals surface area contributed by atoms with Crippen LogP contribution in [0.2, 0.25) is 0 Å². The molecule has 2 amide bonds. The Morgan fingerprint density at radius 2 is 1.85 bits per heavy atom. The SMILES string of the molecule is COCCCOc1ccc(Br)cc1NC(=O)C[C@@H](C[C@H](N)[C@@H](O)C[C@H](C(=O)NCc1ccco1)C(C)C)C(C)C. The molecule has 1 heterocycles. The number of anilines is 1. The van der Waals surface area contributed by atoms with Crippen molar-refractivity contribution >= 4 is 33.4 Å². The number of carbonyl (C=O) groups excluding carboxylic acids is 2. The number of rotatable bonds is 18. The second-order valence-electron chi connectivity index (χ2n) is 10.9. The molecule has 0 bridgehead atoms. The average Bonchev–Trinajstić information content (AvgIpc) is 3.42. The summed E-state index contributed by atoms with van der Waals surface area (Å²) in [6, 6.07) is 8.47. The molecule has 1 aromatic heterocycles. The lowest BCUT2D eigenvalue weighted by Gasteiger charge is -2.29. The van der Waals surface area contributed by atoms with Crippen LogP contribution in [0.25, 0.3) is 0 Å². The summed E-state index contributed by atoms with van der Waals surface area (Å²) >= 11 is 3.46. The zero-order chi connectivity index (χ0) is 29.7. The predicted molar refractivity (Wildman–Crippen MR) is 160 cm³/mol. The molecule has 0 saturated heterocycles. The molecule has 40 heavy (non-hydrogen) atoms. The summed E-state index contributed by atoms with van der Waals surface area (Å²) in [6.45, 7) is 9.34. The Morgan fingerprint density at radius 1 is 1.10 bits per heavy atom. The minimum absolute atomic E-state index is 0.0150. The second kappa shape index (κ2) is 17.4. The van der Waals surface area contributed by atoms with E-state index in [0.717, 1.165) is 10.9 Å². The van der Waals surface area contributed by atoms with Crippen LogP contribution in [0.4, 0.5) is 5.69 Å². The molecule has 1 aromatic carbocycles. The van der Waals surface area contributed by atoms with Gasteiger partial charge in [-0.2, -0.15) is 0 Å². The summed E-state index contributed by atoms with van der Waals surface area (Å²) in [5.74, 6) is 0.660. The van der Waals surface area contributed by atoms with Gasteiger partial charge in [-0.15, -0.1) is 0 Å². The monoisotopic (exact) mass is 623 g/mol. The van der Waals surface area contributed by atoms with Crippen LogP contribution in [0.15, 0.2) is 45.5 Å². The third-order valence-corrected chi connectivity index (χ3v) is 7.57. The third-order valence-electron chi connectivity index (χ3n) is 7.08. The summed E-state index contributed by atoms with van der Waals surface area (Å²) in [4.78, 5) is 25.9. The molecule has 0 aliphatic heterocycles. The third kappa shape index (κ3) is 11.6. The summed E-state index contributed by atoms with van der Waals surface area (Å²) < 4.78 is 17.0. The van der Waals surface area contributed by atoms with E-state index in [1.54, 1.807) is 25.5 Å². The van der Waals surface area contributed by atoms with Crippen molar-refractivity contribution in [1.82, 2.24) is 5.32 Å². The maximum atomic E-state index is 13.1. The fourth-order valence-corrected chi connectivity index (χ4v) is 4.84. The van der Waals surface area contributed by atoms with E-state index in [1.807, 2.05) is 45.9 Å². The highest BCUT2D eigenvalue weighted by molar-refractivity contribution is 9.10. The number of aliphatic hydroxyl groups is 1. The quantitative estimate of drug-likeness (QED) is 0.169. The van der Waals surface area contributed by atoms with Gasteiger partial charge in [0.05, 0.1) is 31.2 Å². The summed E-state index contributed by atoms with van der Waals surface area (Å²) in [5, 5.41) is 16.8. The standard InChI is InChI=1S/C30H46BrN3O6/c1-19(2)21(15-29(36)34-26-16-22(31)9-10-28(26)40-13-7-11-38-5)14-25(32)27(35)17-24(20(3)4)30(37)33-18-23-8-6-12-39-23/h6,8-10,12,16,19-21,24-25,27,35H,7,11,13-15,17-18,32H2,1-5H3,(H,33,37)(H,34,36)/t21-,24+,25+,27+/m1/s1. The van der Waals surface area contributed by atoms with Gasteiger partial charge in [0.25, 0.3) is 0 Å². The Balaban J connectivity index is 1.96. The number of furan rings is 1. The van der Waals surface area contributed by atoms with Crippen LogP contribution >= 0.6 is 15.9 Å². The number of nitrogens with one attached hydrogen (secondary N) is 2.